The highest BCUT2D eigenvalue weighted by Crippen LogP contribution is 2.41. The number of aliphatic carboxylic acids is 1. The van der Waals surface area contributed by atoms with Crippen LogP contribution in [0.25, 0.3) is 0 Å². The number of carboxylic acids is 1. The van der Waals surface area contributed by atoms with Gasteiger partial charge in [0.2, 0.25) is 5.60 Å². The number of halogens is 4. The first kappa shape index (κ1) is 30.2. The number of aryl methyl sites for hydroxylation is 1. The standard InChI is InChI=1S/C26H29F4NO7S/c1-15-10-18(7-8-19(15)27)39(35,36)31-14-17(13-24(2,3)23(33)34)37-21-9-6-16(11-20(21)31)12-22(32)38-25(4,5)26(28,29)30/h6-11,17H,12-14H2,1-5H3,(H,33,34)/t17-/m1/s1. The van der Waals surface area contributed by atoms with Crippen molar-refractivity contribution in [3.05, 3.63) is 53.3 Å². The first-order chi connectivity index (χ1) is 17.7. The van der Waals surface area contributed by atoms with E-state index < -0.39 is 57.5 Å². The number of nitrogens with zero attached hydrogens (tertiary/aromatic N) is 1. The van der Waals surface area contributed by atoms with E-state index in [9.17, 15) is 40.7 Å². The van der Waals surface area contributed by atoms with Crippen molar-refractivity contribution in [3.8, 4) is 5.75 Å². The quantitative estimate of drug-likeness (QED) is 0.348. The maximum absolute atomic E-state index is 13.9. The van der Waals surface area contributed by atoms with Gasteiger partial charge in [0.25, 0.3) is 10.0 Å². The van der Waals surface area contributed by atoms with E-state index in [0.29, 0.717) is 13.8 Å². The maximum atomic E-state index is 13.9. The number of anilines is 1. The zero-order valence-corrected chi connectivity index (χ0v) is 22.7. The second-order valence-electron chi connectivity index (χ2n) is 10.5. The molecule has 0 aromatic heterocycles. The Bertz CT molecular complexity index is 1390. The summed E-state index contributed by atoms with van der Waals surface area (Å²) in [6.07, 6.45) is -6.34. The van der Waals surface area contributed by atoms with Gasteiger partial charge < -0.3 is 14.6 Å². The van der Waals surface area contributed by atoms with Gasteiger partial charge in [-0.3, -0.25) is 13.9 Å². The smallest absolute Gasteiger partial charge is 0.427 e. The zero-order valence-electron chi connectivity index (χ0n) is 21.9. The van der Waals surface area contributed by atoms with Crippen molar-refractivity contribution in [2.24, 2.45) is 5.41 Å². The lowest BCUT2D eigenvalue weighted by Gasteiger charge is -2.38. The number of alkyl halides is 3. The van der Waals surface area contributed by atoms with Crippen LogP contribution in [-0.4, -0.2) is 49.9 Å². The summed E-state index contributed by atoms with van der Waals surface area (Å²) >= 11 is 0. The van der Waals surface area contributed by atoms with Crippen LogP contribution in [0.4, 0.5) is 23.2 Å². The molecular formula is C26H29F4NO7S. The molecule has 0 radical (unpaired) electrons. The molecular weight excluding hydrogens is 546 g/mol. The number of hydrogen-bond acceptors (Lipinski definition) is 6. The molecule has 1 aliphatic rings. The predicted molar refractivity (Wildman–Crippen MR) is 132 cm³/mol. The van der Waals surface area contributed by atoms with Gasteiger partial charge >= 0.3 is 18.1 Å². The van der Waals surface area contributed by atoms with E-state index in [2.05, 4.69) is 4.74 Å². The van der Waals surface area contributed by atoms with Gasteiger partial charge in [0.05, 0.1) is 29.0 Å². The molecule has 0 unspecified atom stereocenters. The first-order valence-corrected chi connectivity index (χ1v) is 13.3. The fraction of sp³-hybridized carbons (Fsp3) is 0.462. The van der Waals surface area contributed by atoms with E-state index >= 15 is 0 Å². The molecule has 1 heterocycles. The molecule has 0 bridgehead atoms. The zero-order chi connectivity index (χ0) is 29.6. The van der Waals surface area contributed by atoms with Crippen molar-refractivity contribution in [2.75, 3.05) is 10.8 Å². The molecule has 2 aromatic carbocycles. The number of fused-ring (bicyclic) bond motifs is 1. The normalized spacial score (nSPS) is 16.3. The molecule has 0 saturated heterocycles. The van der Waals surface area contributed by atoms with Gasteiger partial charge in [0.1, 0.15) is 17.7 Å². The van der Waals surface area contributed by atoms with Crippen LogP contribution in [0.3, 0.4) is 0 Å². The summed E-state index contributed by atoms with van der Waals surface area (Å²) in [4.78, 5) is 23.8. The van der Waals surface area contributed by atoms with Gasteiger partial charge in [0, 0.05) is 6.42 Å². The van der Waals surface area contributed by atoms with Crippen LogP contribution in [0, 0.1) is 18.2 Å². The third-order valence-electron chi connectivity index (χ3n) is 6.39. The Labute approximate surface area is 223 Å². The van der Waals surface area contributed by atoms with E-state index in [1.54, 1.807) is 0 Å². The summed E-state index contributed by atoms with van der Waals surface area (Å²) in [5.74, 6) is -2.85. The topological polar surface area (TPSA) is 110 Å². The molecule has 1 aliphatic heterocycles. The number of benzene rings is 2. The molecule has 3 rings (SSSR count). The molecule has 1 N–H and O–H groups in total. The average molecular weight is 576 g/mol. The SMILES string of the molecule is Cc1cc(S(=O)(=O)N2C[C@@H](CC(C)(C)C(=O)O)Oc3ccc(CC(=O)OC(C)(C)C(F)(F)F)cc32)ccc1F. The molecule has 0 saturated carbocycles. The molecule has 39 heavy (non-hydrogen) atoms. The van der Waals surface area contributed by atoms with E-state index in [1.165, 1.54) is 39.0 Å². The van der Waals surface area contributed by atoms with Crippen molar-refractivity contribution >= 4 is 27.6 Å². The fourth-order valence-corrected chi connectivity index (χ4v) is 5.49. The number of hydrogen-bond donors (Lipinski definition) is 1. The Morgan fingerprint density at radius 2 is 1.74 bits per heavy atom. The molecule has 1 atom stereocenters. The van der Waals surface area contributed by atoms with E-state index in [4.69, 9.17) is 4.74 Å². The third-order valence-corrected chi connectivity index (χ3v) is 8.17. The molecule has 13 heteroatoms. The van der Waals surface area contributed by atoms with E-state index in [1.807, 2.05) is 0 Å². The summed E-state index contributed by atoms with van der Waals surface area (Å²) < 4.78 is 92.2. The predicted octanol–water partition coefficient (Wildman–Crippen LogP) is 5.02. The van der Waals surface area contributed by atoms with Gasteiger partial charge in [0.15, 0.2) is 0 Å². The first-order valence-electron chi connectivity index (χ1n) is 11.8. The average Bonchev–Trinajstić information content (AvgIpc) is 2.78. The van der Waals surface area contributed by atoms with Crippen LogP contribution < -0.4 is 9.04 Å². The highest BCUT2D eigenvalue weighted by Gasteiger charge is 2.50. The number of ether oxygens (including phenoxy) is 2. The Morgan fingerprint density at radius 3 is 2.31 bits per heavy atom. The van der Waals surface area contributed by atoms with Crippen molar-refractivity contribution in [1.29, 1.82) is 0 Å². The van der Waals surface area contributed by atoms with Crippen LogP contribution in [0.15, 0.2) is 41.3 Å². The minimum absolute atomic E-state index is 0.0123. The lowest BCUT2D eigenvalue weighted by atomic mass is 9.86. The van der Waals surface area contributed by atoms with Crippen molar-refractivity contribution in [1.82, 2.24) is 0 Å². The van der Waals surface area contributed by atoms with Gasteiger partial charge in [-0.15, -0.1) is 0 Å². The van der Waals surface area contributed by atoms with Crippen LogP contribution in [0.1, 0.15) is 45.2 Å². The number of carboxylic acid groups (broad SMARTS) is 1. The van der Waals surface area contributed by atoms with E-state index in [-0.39, 0.29) is 40.4 Å². The Kier molecular flexibility index (Phi) is 7.99. The molecule has 0 spiro atoms. The van der Waals surface area contributed by atoms with Gasteiger partial charge in [-0.25, -0.2) is 12.8 Å². The number of rotatable bonds is 8. The van der Waals surface area contributed by atoms with Gasteiger partial charge in [-0.2, -0.15) is 13.2 Å². The lowest BCUT2D eigenvalue weighted by molar-refractivity contribution is -0.257. The minimum atomic E-state index is -4.80. The highest BCUT2D eigenvalue weighted by molar-refractivity contribution is 7.92. The maximum Gasteiger partial charge on any atom is 0.427 e. The Balaban J connectivity index is 2.02. The number of carbonyl (C=O) groups is 2. The minimum Gasteiger partial charge on any atom is -0.486 e. The van der Waals surface area contributed by atoms with Crippen LogP contribution in [0.2, 0.25) is 0 Å². The molecule has 0 aliphatic carbocycles. The second kappa shape index (κ2) is 10.3. The van der Waals surface area contributed by atoms with Crippen molar-refractivity contribution in [3.63, 3.8) is 0 Å². The van der Waals surface area contributed by atoms with Crippen LogP contribution in [0.5, 0.6) is 5.75 Å². The molecule has 214 valence electrons. The molecule has 8 nitrogen and oxygen atoms in total. The van der Waals surface area contributed by atoms with Gasteiger partial charge in [-0.05, 0) is 76.1 Å². The van der Waals surface area contributed by atoms with Crippen molar-refractivity contribution < 1.29 is 50.1 Å². The number of esters is 1. The Hall–Kier alpha value is -3.35. The largest absolute Gasteiger partial charge is 0.486 e. The van der Waals surface area contributed by atoms with E-state index in [0.717, 1.165) is 22.5 Å². The highest BCUT2D eigenvalue weighted by atomic mass is 32.2. The number of sulfonamides is 1. The Morgan fingerprint density at radius 1 is 1.10 bits per heavy atom. The van der Waals surface area contributed by atoms with Crippen LogP contribution >= 0.6 is 0 Å². The molecule has 0 amide bonds. The summed E-state index contributed by atoms with van der Waals surface area (Å²) in [5, 5.41) is 9.54. The summed E-state index contributed by atoms with van der Waals surface area (Å²) in [6, 6.07) is 7.25. The summed E-state index contributed by atoms with van der Waals surface area (Å²) in [5.41, 5.74) is -3.78. The monoisotopic (exact) mass is 575 g/mol. The van der Waals surface area contributed by atoms with Crippen molar-refractivity contribution in [2.45, 2.75) is 70.2 Å². The summed E-state index contributed by atoms with van der Waals surface area (Å²) in [6.45, 7) is 5.44. The summed E-state index contributed by atoms with van der Waals surface area (Å²) in [7, 11) is -4.34. The number of carbonyl (C=O) groups excluding carboxylic acids is 1. The molecule has 2 aromatic rings. The van der Waals surface area contributed by atoms with Gasteiger partial charge in [-0.1, -0.05) is 6.07 Å². The fourth-order valence-electron chi connectivity index (χ4n) is 3.91. The molecule has 0 fully saturated rings. The third kappa shape index (κ3) is 6.45. The second-order valence-corrected chi connectivity index (χ2v) is 12.4. The lowest BCUT2D eigenvalue weighted by Crippen LogP contribution is -2.46. The van der Waals surface area contributed by atoms with Crippen LogP contribution in [-0.2, 0) is 30.8 Å².